The Labute approximate surface area is 200 Å². The summed E-state index contributed by atoms with van der Waals surface area (Å²) in [5, 5.41) is 10.2. The number of benzene rings is 1. The van der Waals surface area contributed by atoms with E-state index < -0.39 is 24.8 Å². The highest BCUT2D eigenvalue weighted by Gasteiger charge is 2.26. The summed E-state index contributed by atoms with van der Waals surface area (Å²) < 4.78 is 43.4. The van der Waals surface area contributed by atoms with Crippen LogP contribution in [0.2, 0.25) is 0 Å². The maximum Gasteiger partial charge on any atom is 0.242 e. The molecular weight excluding hydrogens is 457 g/mol. The molecule has 1 saturated heterocycles. The number of hydrogen-bond donors (Lipinski definition) is 2. The van der Waals surface area contributed by atoms with Crippen molar-refractivity contribution in [2.75, 3.05) is 13.1 Å². The Hall–Kier alpha value is -3.33. The van der Waals surface area contributed by atoms with Crippen molar-refractivity contribution >= 4 is 22.5 Å². The molecule has 1 aliphatic rings. The number of nitrogens with one attached hydrogen (secondary N) is 1. The Morgan fingerprint density at radius 2 is 2.03 bits per heavy atom. The summed E-state index contributed by atoms with van der Waals surface area (Å²) in [6.07, 6.45) is 2.77. The van der Waals surface area contributed by atoms with Crippen LogP contribution in [0.25, 0.3) is 27.8 Å². The Balaban J connectivity index is 1.47. The molecule has 3 aromatic heterocycles. The van der Waals surface area contributed by atoms with Gasteiger partial charge in [-0.1, -0.05) is 6.07 Å². The second-order valence-electron chi connectivity index (χ2n) is 9.32. The monoisotopic (exact) mass is 484 g/mol. The average molecular weight is 485 g/mol. The molecule has 1 aliphatic heterocycles. The van der Waals surface area contributed by atoms with Gasteiger partial charge in [-0.2, -0.15) is 0 Å². The first-order chi connectivity index (χ1) is 16.8. The fourth-order valence-corrected chi connectivity index (χ4v) is 5.10. The van der Waals surface area contributed by atoms with Crippen molar-refractivity contribution in [1.82, 2.24) is 19.3 Å². The first-order valence-electron chi connectivity index (χ1n) is 11.8. The molecule has 0 spiro atoms. The van der Waals surface area contributed by atoms with Crippen LogP contribution in [0.4, 0.5) is 13.2 Å². The number of halogens is 3. The van der Waals surface area contributed by atoms with E-state index in [2.05, 4.69) is 9.97 Å². The van der Waals surface area contributed by atoms with Crippen LogP contribution in [0.5, 0.6) is 0 Å². The molecule has 1 amide bonds. The van der Waals surface area contributed by atoms with Gasteiger partial charge in [0.05, 0.1) is 18.2 Å². The smallest absolute Gasteiger partial charge is 0.242 e. The van der Waals surface area contributed by atoms with Crippen LogP contribution in [0.1, 0.15) is 43.2 Å². The number of H-pyrrole nitrogens is 1. The number of rotatable bonds is 6. The predicted molar refractivity (Wildman–Crippen MR) is 127 cm³/mol. The van der Waals surface area contributed by atoms with Crippen molar-refractivity contribution in [3.05, 3.63) is 59.8 Å². The third-order valence-corrected chi connectivity index (χ3v) is 6.81. The van der Waals surface area contributed by atoms with E-state index in [4.69, 9.17) is 0 Å². The lowest BCUT2D eigenvalue weighted by atomic mass is 9.88. The molecule has 1 fully saturated rings. The number of amides is 1. The topological polar surface area (TPSA) is 73.6 Å². The zero-order valence-corrected chi connectivity index (χ0v) is 19.3. The maximum atomic E-state index is 14.6. The molecule has 9 heteroatoms. The summed E-state index contributed by atoms with van der Waals surface area (Å²) in [5.74, 6) is -0.371. The third kappa shape index (κ3) is 4.65. The standard InChI is InChI=1S/C26H27F3N4O2/c1-15(34)10-24(35)32-7-4-16(5-8-32)17-2-3-22-19(11-17)20(13-23(28)29)25(31-22)18-12-21(27)26-30-6-9-33(26)14-18/h2-3,6,9,11-12,14-16,23,31,34H,4-5,7-8,10,13H2,1H3. The van der Waals surface area contributed by atoms with Gasteiger partial charge in [0, 0.05) is 54.6 Å². The van der Waals surface area contributed by atoms with E-state index in [1.807, 2.05) is 18.2 Å². The summed E-state index contributed by atoms with van der Waals surface area (Å²) >= 11 is 0. The molecule has 4 aromatic rings. The van der Waals surface area contributed by atoms with Crippen LogP contribution in [0, 0.1) is 5.82 Å². The van der Waals surface area contributed by atoms with Gasteiger partial charge >= 0.3 is 0 Å². The number of aromatic amines is 1. The summed E-state index contributed by atoms with van der Waals surface area (Å²) in [6, 6.07) is 7.16. The minimum atomic E-state index is -2.55. The van der Waals surface area contributed by atoms with Crippen LogP contribution in [-0.2, 0) is 11.2 Å². The number of fused-ring (bicyclic) bond motifs is 2. The fourth-order valence-electron chi connectivity index (χ4n) is 5.10. The molecule has 184 valence electrons. The molecule has 2 N–H and O–H groups in total. The molecule has 5 rings (SSSR count). The summed E-state index contributed by atoms with van der Waals surface area (Å²) in [5.41, 5.74) is 3.35. The number of alkyl halides is 2. The summed E-state index contributed by atoms with van der Waals surface area (Å²) in [7, 11) is 0. The number of carbonyl (C=O) groups is 1. The van der Waals surface area contributed by atoms with Gasteiger partial charge in [0.25, 0.3) is 0 Å². The van der Waals surface area contributed by atoms with Gasteiger partial charge in [0.2, 0.25) is 12.3 Å². The molecule has 1 atom stereocenters. The van der Waals surface area contributed by atoms with Gasteiger partial charge in [-0.05, 0) is 55.0 Å². The van der Waals surface area contributed by atoms with E-state index in [0.717, 1.165) is 23.9 Å². The van der Waals surface area contributed by atoms with Gasteiger partial charge in [-0.3, -0.25) is 4.79 Å². The fraction of sp³-hybridized carbons (Fsp3) is 0.385. The van der Waals surface area contributed by atoms with E-state index in [-0.39, 0.29) is 23.9 Å². The van der Waals surface area contributed by atoms with Gasteiger partial charge in [-0.15, -0.1) is 0 Å². The molecule has 1 unspecified atom stereocenters. The molecule has 35 heavy (non-hydrogen) atoms. The lowest BCUT2D eigenvalue weighted by molar-refractivity contribution is -0.134. The Kier molecular flexibility index (Phi) is 6.27. The molecule has 0 saturated carbocycles. The SMILES string of the molecule is CC(O)CC(=O)N1CCC(c2ccc3[nH]c(-c4cc(F)c5nccn5c4)c(CC(F)F)c3c2)CC1. The van der Waals surface area contributed by atoms with Crippen LogP contribution in [0.15, 0.2) is 42.9 Å². The van der Waals surface area contributed by atoms with Crippen LogP contribution in [0.3, 0.4) is 0 Å². The van der Waals surface area contributed by atoms with Crippen LogP contribution in [-0.4, -0.2) is 55.9 Å². The zero-order chi connectivity index (χ0) is 24.7. The van der Waals surface area contributed by atoms with Gasteiger partial charge in [0.15, 0.2) is 11.5 Å². The Morgan fingerprint density at radius 1 is 1.26 bits per heavy atom. The minimum Gasteiger partial charge on any atom is -0.393 e. The zero-order valence-electron chi connectivity index (χ0n) is 19.3. The first-order valence-corrected chi connectivity index (χ1v) is 11.8. The van der Waals surface area contributed by atoms with E-state index in [9.17, 15) is 23.1 Å². The lowest BCUT2D eigenvalue weighted by Crippen LogP contribution is -2.39. The number of aliphatic hydroxyl groups is 1. The lowest BCUT2D eigenvalue weighted by Gasteiger charge is -2.32. The molecule has 0 radical (unpaired) electrons. The highest BCUT2D eigenvalue weighted by molar-refractivity contribution is 5.91. The highest BCUT2D eigenvalue weighted by Crippen LogP contribution is 2.36. The second-order valence-corrected chi connectivity index (χ2v) is 9.32. The number of pyridine rings is 1. The van der Waals surface area contributed by atoms with E-state index in [0.29, 0.717) is 35.3 Å². The van der Waals surface area contributed by atoms with E-state index in [1.165, 1.54) is 12.3 Å². The number of piperidine rings is 1. The first kappa shape index (κ1) is 23.4. The number of nitrogens with zero attached hydrogens (tertiary/aromatic N) is 3. The Bertz CT molecular complexity index is 1370. The van der Waals surface area contributed by atoms with Crippen LogP contribution >= 0.6 is 0 Å². The molecular formula is C26H27F3N4O2. The van der Waals surface area contributed by atoms with Crippen molar-refractivity contribution in [2.45, 2.75) is 51.1 Å². The second kappa shape index (κ2) is 9.37. The molecule has 0 aliphatic carbocycles. The highest BCUT2D eigenvalue weighted by atomic mass is 19.3. The minimum absolute atomic E-state index is 0.0505. The number of aromatic nitrogens is 3. The van der Waals surface area contributed by atoms with Crippen molar-refractivity contribution < 1.29 is 23.1 Å². The maximum absolute atomic E-state index is 14.6. The normalized spacial score (nSPS) is 16.0. The number of likely N-dealkylation sites (tertiary alicyclic amines) is 1. The number of carbonyl (C=O) groups excluding carboxylic acids is 1. The predicted octanol–water partition coefficient (Wildman–Crippen LogP) is 4.91. The van der Waals surface area contributed by atoms with Gasteiger partial charge < -0.3 is 19.4 Å². The summed E-state index contributed by atoms with van der Waals surface area (Å²) in [6.45, 7) is 2.80. The van der Waals surface area contributed by atoms with Crippen molar-refractivity contribution in [1.29, 1.82) is 0 Å². The van der Waals surface area contributed by atoms with Gasteiger partial charge in [0.1, 0.15) is 0 Å². The number of hydrogen-bond acceptors (Lipinski definition) is 3. The molecule has 6 nitrogen and oxygen atoms in total. The Morgan fingerprint density at radius 3 is 2.74 bits per heavy atom. The number of imidazole rings is 1. The van der Waals surface area contributed by atoms with Crippen molar-refractivity contribution in [3.63, 3.8) is 0 Å². The molecule has 4 heterocycles. The quantitative estimate of drug-likeness (QED) is 0.409. The summed E-state index contributed by atoms with van der Waals surface area (Å²) in [4.78, 5) is 21.2. The van der Waals surface area contributed by atoms with E-state index >= 15 is 0 Å². The molecule has 1 aromatic carbocycles. The largest absolute Gasteiger partial charge is 0.393 e. The third-order valence-electron chi connectivity index (χ3n) is 6.81. The number of aliphatic hydroxyl groups excluding tert-OH is 1. The van der Waals surface area contributed by atoms with Crippen molar-refractivity contribution in [2.24, 2.45) is 0 Å². The van der Waals surface area contributed by atoms with E-state index in [1.54, 1.807) is 28.6 Å². The average Bonchev–Trinajstić information content (AvgIpc) is 3.43. The van der Waals surface area contributed by atoms with Gasteiger partial charge in [-0.25, -0.2) is 18.2 Å². The molecule has 0 bridgehead atoms. The van der Waals surface area contributed by atoms with Crippen LogP contribution < -0.4 is 0 Å². The van der Waals surface area contributed by atoms with Crippen molar-refractivity contribution in [3.8, 4) is 11.3 Å².